The summed E-state index contributed by atoms with van der Waals surface area (Å²) in [6, 6.07) is 2.08. The molecule has 0 spiro atoms. The highest BCUT2D eigenvalue weighted by atomic mass is 32.1. The first-order chi connectivity index (χ1) is 9.20. The smallest absolute Gasteiger partial charge is 0.138 e. The summed E-state index contributed by atoms with van der Waals surface area (Å²) >= 11 is 1.67. The Kier molecular flexibility index (Phi) is 3.41. The molecular formula is C14H19N3OS. The predicted octanol–water partition coefficient (Wildman–Crippen LogP) is 3.23. The average molecular weight is 277 g/mol. The van der Waals surface area contributed by atoms with Gasteiger partial charge in [-0.2, -0.15) is 0 Å². The van der Waals surface area contributed by atoms with Crippen molar-refractivity contribution in [3.05, 3.63) is 17.3 Å². The largest absolute Gasteiger partial charge is 0.373 e. The maximum atomic E-state index is 5.81. The second kappa shape index (κ2) is 5.06. The SMILES string of the molecule is CCc1nc(NCC2(C)CCCO2)c2ccsc2n1. The summed E-state index contributed by atoms with van der Waals surface area (Å²) in [5.41, 5.74) is -0.0559. The van der Waals surface area contributed by atoms with E-state index < -0.39 is 0 Å². The minimum absolute atomic E-state index is 0.0559. The standard InChI is InChI=1S/C14H19N3OS/c1-3-11-16-12(10-5-8-19-13(10)17-11)15-9-14(2)6-4-7-18-14/h5,8H,3-4,6-7,9H2,1-2H3,(H,15,16,17). The van der Waals surface area contributed by atoms with Crippen LogP contribution in [0.2, 0.25) is 0 Å². The molecule has 1 N–H and O–H groups in total. The van der Waals surface area contributed by atoms with Crippen LogP contribution in [0.4, 0.5) is 5.82 Å². The number of aromatic nitrogens is 2. The van der Waals surface area contributed by atoms with E-state index in [0.29, 0.717) is 0 Å². The molecule has 1 saturated heterocycles. The fourth-order valence-corrected chi connectivity index (χ4v) is 3.22. The Morgan fingerprint density at radius 2 is 2.37 bits per heavy atom. The Morgan fingerprint density at radius 1 is 1.47 bits per heavy atom. The van der Waals surface area contributed by atoms with Crippen molar-refractivity contribution < 1.29 is 4.74 Å². The van der Waals surface area contributed by atoms with Gasteiger partial charge in [-0.25, -0.2) is 9.97 Å². The van der Waals surface area contributed by atoms with Gasteiger partial charge in [0.25, 0.3) is 0 Å². The van der Waals surface area contributed by atoms with Crippen molar-refractivity contribution in [2.75, 3.05) is 18.5 Å². The molecule has 19 heavy (non-hydrogen) atoms. The number of fused-ring (bicyclic) bond motifs is 1. The number of thiophene rings is 1. The summed E-state index contributed by atoms with van der Waals surface area (Å²) < 4.78 is 5.81. The zero-order chi connectivity index (χ0) is 13.3. The monoisotopic (exact) mass is 277 g/mol. The van der Waals surface area contributed by atoms with Gasteiger partial charge in [0, 0.05) is 19.6 Å². The van der Waals surface area contributed by atoms with E-state index in [0.717, 1.165) is 54.3 Å². The lowest BCUT2D eigenvalue weighted by molar-refractivity contribution is 0.0315. The first kappa shape index (κ1) is 12.8. The molecule has 0 saturated carbocycles. The fourth-order valence-electron chi connectivity index (χ4n) is 2.44. The van der Waals surface area contributed by atoms with Gasteiger partial charge in [-0.05, 0) is 31.2 Å². The maximum Gasteiger partial charge on any atom is 0.138 e. The van der Waals surface area contributed by atoms with Gasteiger partial charge in [0.2, 0.25) is 0 Å². The van der Waals surface area contributed by atoms with Crippen LogP contribution in [0.3, 0.4) is 0 Å². The van der Waals surface area contributed by atoms with Crippen molar-refractivity contribution in [3.63, 3.8) is 0 Å². The Morgan fingerprint density at radius 3 is 3.11 bits per heavy atom. The van der Waals surface area contributed by atoms with Crippen LogP contribution in [0, 0.1) is 0 Å². The predicted molar refractivity (Wildman–Crippen MR) is 78.9 cm³/mol. The zero-order valence-electron chi connectivity index (χ0n) is 11.4. The third kappa shape index (κ3) is 2.58. The van der Waals surface area contributed by atoms with Gasteiger partial charge in [-0.3, -0.25) is 0 Å². The van der Waals surface area contributed by atoms with Gasteiger partial charge in [0.15, 0.2) is 0 Å². The number of anilines is 1. The summed E-state index contributed by atoms with van der Waals surface area (Å²) in [4.78, 5) is 10.2. The van der Waals surface area contributed by atoms with E-state index in [2.05, 4.69) is 40.6 Å². The van der Waals surface area contributed by atoms with E-state index in [1.54, 1.807) is 11.3 Å². The Balaban J connectivity index is 1.85. The van der Waals surface area contributed by atoms with Gasteiger partial charge in [-0.1, -0.05) is 6.92 Å². The first-order valence-corrected chi connectivity index (χ1v) is 7.70. The lowest BCUT2D eigenvalue weighted by Crippen LogP contribution is -2.32. The van der Waals surface area contributed by atoms with E-state index in [1.165, 1.54) is 0 Å². The molecule has 1 unspecified atom stereocenters. The molecule has 2 aromatic rings. The fraction of sp³-hybridized carbons (Fsp3) is 0.571. The molecular weight excluding hydrogens is 258 g/mol. The summed E-state index contributed by atoms with van der Waals surface area (Å²) in [7, 11) is 0. The minimum atomic E-state index is -0.0559. The number of hydrogen-bond donors (Lipinski definition) is 1. The lowest BCUT2D eigenvalue weighted by Gasteiger charge is -2.24. The van der Waals surface area contributed by atoms with Crippen LogP contribution >= 0.6 is 11.3 Å². The number of rotatable bonds is 4. The molecule has 0 aromatic carbocycles. The quantitative estimate of drug-likeness (QED) is 0.932. The van der Waals surface area contributed by atoms with Gasteiger partial charge in [0.1, 0.15) is 16.5 Å². The van der Waals surface area contributed by atoms with Crippen LogP contribution < -0.4 is 5.32 Å². The van der Waals surface area contributed by atoms with Crippen LogP contribution in [0.15, 0.2) is 11.4 Å². The highest BCUT2D eigenvalue weighted by molar-refractivity contribution is 7.16. The molecule has 0 bridgehead atoms. The average Bonchev–Trinajstić information content (AvgIpc) is 3.04. The van der Waals surface area contributed by atoms with Crippen molar-refractivity contribution in [2.45, 2.75) is 38.7 Å². The Hall–Kier alpha value is -1.20. The van der Waals surface area contributed by atoms with Gasteiger partial charge >= 0.3 is 0 Å². The summed E-state index contributed by atoms with van der Waals surface area (Å²) in [5, 5.41) is 6.64. The van der Waals surface area contributed by atoms with E-state index in [1.807, 2.05) is 0 Å². The maximum absolute atomic E-state index is 5.81. The van der Waals surface area contributed by atoms with Gasteiger partial charge < -0.3 is 10.1 Å². The summed E-state index contributed by atoms with van der Waals surface area (Å²) in [6.45, 7) is 5.92. The lowest BCUT2D eigenvalue weighted by atomic mass is 10.0. The highest BCUT2D eigenvalue weighted by Crippen LogP contribution is 2.28. The van der Waals surface area contributed by atoms with Gasteiger partial charge in [-0.15, -0.1) is 11.3 Å². The number of aryl methyl sites for hydroxylation is 1. The molecule has 1 aliphatic rings. The van der Waals surface area contributed by atoms with Crippen LogP contribution in [0.5, 0.6) is 0 Å². The van der Waals surface area contributed by atoms with Crippen LogP contribution in [-0.2, 0) is 11.2 Å². The molecule has 0 amide bonds. The Labute approximate surface area is 117 Å². The van der Waals surface area contributed by atoms with Crippen molar-refractivity contribution in [2.24, 2.45) is 0 Å². The topological polar surface area (TPSA) is 47.0 Å². The number of nitrogens with one attached hydrogen (secondary N) is 1. The van der Waals surface area contributed by atoms with Crippen LogP contribution in [0.1, 0.15) is 32.5 Å². The molecule has 102 valence electrons. The molecule has 1 aliphatic heterocycles. The van der Waals surface area contributed by atoms with E-state index in [9.17, 15) is 0 Å². The Bertz CT molecular complexity index is 575. The number of hydrogen-bond acceptors (Lipinski definition) is 5. The van der Waals surface area contributed by atoms with Crippen molar-refractivity contribution in [3.8, 4) is 0 Å². The normalized spacial score (nSPS) is 23.1. The minimum Gasteiger partial charge on any atom is -0.373 e. The van der Waals surface area contributed by atoms with Crippen molar-refractivity contribution in [1.29, 1.82) is 0 Å². The molecule has 1 atom stereocenters. The second-order valence-electron chi connectivity index (χ2n) is 5.24. The molecule has 5 heteroatoms. The highest BCUT2D eigenvalue weighted by Gasteiger charge is 2.29. The third-order valence-corrected chi connectivity index (χ3v) is 4.42. The zero-order valence-corrected chi connectivity index (χ0v) is 12.2. The van der Waals surface area contributed by atoms with E-state index in [4.69, 9.17) is 4.74 Å². The second-order valence-corrected chi connectivity index (χ2v) is 6.13. The van der Waals surface area contributed by atoms with E-state index >= 15 is 0 Å². The molecule has 0 aliphatic carbocycles. The molecule has 2 aromatic heterocycles. The van der Waals surface area contributed by atoms with E-state index in [-0.39, 0.29) is 5.60 Å². The number of ether oxygens (including phenoxy) is 1. The van der Waals surface area contributed by atoms with Crippen LogP contribution in [-0.4, -0.2) is 28.7 Å². The van der Waals surface area contributed by atoms with Crippen molar-refractivity contribution >= 4 is 27.4 Å². The number of nitrogens with zero attached hydrogens (tertiary/aromatic N) is 2. The molecule has 0 radical (unpaired) electrons. The molecule has 3 heterocycles. The third-order valence-electron chi connectivity index (χ3n) is 3.62. The van der Waals surface area contributed by atoms with Gasteiger partial charge in [0.05, 0.1) is 11.0 Å². The summed E-state index contributed by atoms with van der Waals surface area (Å²) in [6.07, 6.45) is 3.12. The summed E-state index contributed by atoms with van der Waals surface area (Å²) in [5.74, 6) is 1.84. The first-order valence-electron chi connectivity index (χ1n) is 6.82. The molecule has 1 fully saturated rings. The molecule has 4 nitrogen and oxygen atoms in total. The van der Waals surface area contributed by atoms with Crippen LogP contribution in [0.25, 0.3) is 10.2 Å². The molecule has 3 rings (SSSR count). The van der Waals surface area contributed by atoms with Crippen molar-refractivity contribution in [1.82, 2.24) is 9.97 Å².